The Morgan fingerprint density at radius 1 is 1.29 bits per heavy atom. The van der Waals surface area contributed by atoms with Gasteiger partial charge in [-0.1, -0.05) is 6.07 Å². The second kappa shape index (κ2) is 8.89. The predicted octanol–water partition coefficient (Wildman–Crippen LogP) is 2.53. The highest BCUT2D eigenvalue weighted by atomic mass is 79.9. The normalized spacial score (nSPS) is 11.5. The van der Waals surface area contributed by atoms with Gasteiger partial charge < -0.3 is 14.6 Å². The molecule has 0 aliphatic rings. The molecule has 0 aliphatic heterocycles. The third-order valence-corrected chi connectivity index (χ3v) is 6.36. The highest BCUT2D eigenvalue weighted by Crippen LogP contribution is 2.23. The molecule has 0 saturated heterocycles. The molecule has 1 aromatic carbocycles. The first-order valence-corrected chi connectivity index (χ1v) is 10.7. The zero-order valence-corrected chi connectivity index (χ0v) is 18.4. The molecule has 0 radical (unpaired) electrons. The molecule has 8 nitrogen and oxygen atoms in total. The fraction of sp³-hybridized carbons (Fsp3) is 0.333. The second-order valence-electron chi connectivity index (χ2n) is 6.18. The van der Waals surface area contributed by atoms with Crippen LogP contribution in [0.1, 0.15) is 23.0 Å². The maximum atomic E-state index is 12.7. The van der Waals surface area contributed by atoms with Gasteiger partial charge in [-0.05, 0) is 53.5 Å². The Morgan fingerprint density at radius 3 is 2.57 bits per heavy atom. The van der Waals surface area contributed by atoms with E-state index in [1.165, 1.54) is 23.9 Å². The molecule has 0 fully saturated rings. The second-order valence-corrected chi connectivity index (χ2v) is 9.08. The summed E-state index contributed by atoms with van der Waals surface area (Å²) >= 11 is 3.36. The van der Waals surface area contributed by atoms with Gasteiger partial charge in [0.25, 0.3) is 0 Å². The molecule has 1 aromatic heterocycles. The van der Waals surface area contributed by atoms with Crippen molar-refractivity contribution in [1.29, 1.82) is 0 Å². The summed E-state index contributed by atoms with van der Waals surface area (Å²) in [6.07, 6.45) is 1.31. The van der Waals surface area contributed by atoms with Crippen LogP contribution in [0.2, 0.25) is 0 Å². The summed E-state index contributed by atoms with van der Waals surface area (Å²) in [5.74, 6) is -1.10. The number of hydrogen-bond donors (Lipinski definition) is 1. The lowest BCUT2D eigenvalue weighted by Crippen LogP contribution is -2.34. The van der Waals surface area contributed by atoms with Gasteiger partial charge in [0.1, 0.15) is 10.6 Å². The monoisotopic (exact) mass is 471 g/mol. The van der Waals surface area contributed by atoms with Gasteiger partial charge >= 0.3 is 5.97 Å². The van der Waals surface area contributed by atoms with E-state index in [9.17, 15) is 18.0 Å². The van der Waals surface area contributed by atoms with E-state index in [0.717, 1.165) is 9.87 Å². The number of esters is 1. The predicted molar refractivity (Wildman–Crippen MR) is 109 cm³/mol. The number of hydrogen-bond acceptors (Lipinski definition) is 5. The largest absolute Gasteiger partial charge is 0.461 e. The Kier molecular flexibility index (Phi) is 7.02. The van der Waals surface area contributed by atoms with Gasteiger partial charge in [-0.25, -0.2) is 13.2 Å². The Morgan fingerprint density at radius 2 is 1.96 bits per heavy atom. The van der Waals surface area contributed by atoms with Gasteiger partial charge in [-0.2, -0.15) is 4.31 Å². The minimum atomic E-state index is -3.96. The van der Waals surface area contributed by atoms with Crippen LogP contribution in [0.15, 0.2) is 39.8 Å². The van der Waals surface area contributed by atoms with Crippen LogP contribution in [0.3, 0.4) is 0 Å². The summed E-state index contributed by atoms with van der Waals surface area (Å²) in [6, 6.07) is 6.64. The standard InChI is InChI=1S/C18H22BrN3O5S/c1-5-27-18(24)16-9-13(10-21(16)3)28(25,26)22(4)11-17(23)20-15-7-6-12(2)8-14(15)19/h6-10H,5,11H2,1-4H3,(H,20,23). The van der Waals surface area contributed by atoms with Gasteiger partial charge in [-0.3, -0.25) is 4.79 Å². The third-order valence-electron chi connectivity index (χ3n) is 3.94. The van der Waals surface area contributed by atoms with E-state index in [1.807, 2.05) is 19.1 Å². The average molecular weight is 472 g/mol. The number of nitrogens with one attached hydrogen (secondary N) is 1. The zero-order chi connectivity index (χ0) is 21.1. The van der Waals surface area contributed by atoms with Crippen molar-refractivity contribution in [3.8, 4) is 0 Å². The van der Waals surface area contributed by atoms with Crippen LogP contribution in [-0.4, -0.2) is 49.4 Å². The number of carbonyl (C=O) groups excluding carboxylic acids is 2. The summed E-state index contributed by atoms with van der Waals surface area (Å²) in [4.78, 5) is 24.1. The molecule has 0 saturated carbocycles. The number of carbonyl (C=O) groups is 2. The molecule has 10 heteroatoms. The first-order valence-electron chi connectivity index (χ1n) is 8.42. The first kappa shape index (κ1) is 22.1. The van der Waals surface area contributed by atoms with Crippen molar-refractivity contribution in [2.45, 2.75) is 18.7 Å². The minimum Gasteiger partial charge on any atom is -0.461 e. The van der Waals surface area contributed by atoms with Crippen LogP contribution < -0.4 is 5.32 Å². The fourth-order valence-electron chi connectivity index (χ4n) is 2.46. The number of amides is 1. The number of aromatic nitrogens is 1. The van der Waals surface area contributed by atoms with Gasteiger partial charge in [0.2, 0.25) is 15.9 Å². The van der Waals surface area contributed by atoms with Crippen LogP contribution in [0.5, 0.6) is 0 Å². The number of anilines is 1. The lowest BCUT2D eigenvalue weighted by molar-refractivity contribution is -0.116. The molecular weight excluding hydrogens is 450 g/mol. The molecule has 2 rings (SSSR count). The van der Waals surface area contributed by atoms with Crippen molar-refractivity contribution < 1.29 is 22.7 Å². The van der Waals surface area contributed by atoms with Crippen LogP contribution in [0.4, 0.5) is 5.69 Å². The summed E-state index contributed by atoms with van der Waals surface area (Å²) in [5, 5.41) is 2.67. The number of halogens is 1. The molecule has 0 unspecified atom stereocenters. The molecule has 2 aromatic rings. The Bertz CT molecular complexity index is 1000. The van der Waals surface area contributed by atoms with Crippen molar-refractivity contribution in [3.63, 3.8) is 0 Å². The summed E-state index contributed by atoms with van der Waals surface area (Å²) < 4.78 is 33.4. The lowest BCUT2D eigenvalue weighted by atomic mass is 10.2. The minimum absolute atomic E-state index is 0.0927. The van der Waals surface area contributed by atoms with Crippen LogP contribution >= 0.6 is 15.9 Å². The number of ether oxygens (including phenoxy) is 1. The van der Waals surface area contributed by atoms with Crippen LogP contribution in [-0.2, 0) is 26.6 Å². The van der Waals surface area contributed by atoms with Gasteiger partial charge in [-0.15, -0.1) is 0 Å². The highest BCUT2D eigenvalue weighted by molar-refractivity contribution is 9.10. The third kappa shape index (κ3) is 5.00. The Labute approximate surface area is 172 Å². The molecule has 0 atom stereocenters. The van der Waals surface area contributed by atoms with E-state index in [-0.39, 0.29) is 23.7 Å². The van der Waals surface area contributed by atoms with E-state index in [1.54, 1.807) is 20.0 Å². The molecule has 0 bridgehead atoms. The van der Waals surface area contributed by atoms with Crippen molar-refractivity contribution in [3.05, 3.63) is 46.2 Å². The number of likely N-dealkylation sites (N-methyl/N-ethyl adjacent to an activating group) is 1. The highest BCUT2D eigenvalue weighted by Gasteiger charge is 2.27. The number of nitrogens with zero attached hydrogens (tertiary/aromatic N) is 2. The van der Waals surface area contributed by atoms with Gasteiger partial charge in [0.15, 0.2) is 0 Å². The lowest BCUT2D eigenvalue weighted by Gasteiger charge is -2.16. The van der Waals surface area contributed by atoms with E-state index in [0.29, 0.717) is 10.2 Å². The van der Waals surface area contributed by atoms with Crippen LogP contribution in [0, 0.1) is 6.92 Å². The maximum absolute atomic E-state index is 12.7. The average Bonchev–Trinajstić information content (AvgIpc) is 3.00. The number of rotatable bonds is 7. The van der Waals surface area contributed by atoms with Crippen LogP contribution in [0.25, 0.3) is 0 Å². The zero-order valence-electron chi connectivity index (χ0n) is 16.0. The molecule has 0 aliphatic carbocycles. The van der Waals surface area contributed by atoms with E-state index in [2.05, 4.69) is 21.2 Å². The summed E-state index contributed by atoms with van der Waals surface area (Å²) in [6.45, 7) is 3.38. The van der Waals surface area contributed by atoms with Crippen molar-refractivity contribution >= 4 is 43.5 Å². The topological polar surface area (TPSA) is 97.7 Å². The number of sulfonamides is 1. The van der Waals surface area contributed by atoms with E-state index >= 15 is 0 Å². The molecule has 0 spiro atoms. The molecule has 28 heavy (non-hydrogen) atoms. The van der Waals surface area contributed by atoms with Crippen molar-refractivity contribution in [1.82, 2.24) is 8.87 Å². The summed E-state index contributed by atoms with van der Waals surface area (Å²) in [5.41, 5.74) is 1.68. The quantitative estimate of drug-likeness (QED) is 0.625. The van der Waals surface area contributed by atoms with Gasteiger partial charge in [0, 0.05) is 24.8 Å². The number of benzene rings is 1. The smallest absolute Gasteiger partial charge is 0.354 e. The molecular formula is C18H22BrN3O5S. The molecule has 1 N–H and O–H groups in total. The van der Waals surface area contributed by atoms with Crippen molar-refractivity contribution in [2.75, 3.05) is 25.5 Å². The molecule has 1 amide bonds. The van der Waals surface area contributed by atoms with Gasteiger partial charge in [0.05, 0.1) is 18.8 Å². The Hall–Kier alpha value is -2.17. The van der Waals surface area contributed by atoms with E-state index in [4.69, 9.17) is 4.74 Å². The summed E-state index contributed by atoms with van der Waals surface area (Å²) in [7, 11) is -1.11. The van der Waals surface area contributed by atoms with E-state index < -0.39 is 21.9 Å². The number of aryl methyl sites for hydroxylation is 2. The maximum Gasteiger partial charge on any atom is 0.354 e. The molecule has 152 valence electrons. The Balaban J connectivity index is 2.14. The van der Waals surface area contributed by atoms with Crippen molar-refractivity contribution in [2.24, 2.45) is 7.05 Å². The SMILES string of the molecule is CCOC(=O)c1cc(S(=O)(=O)N(C)CC(=O)Nc2ccc(C)cc2Br)cn1C. The first-order chi connectivity index (χ1) is 13.1. The fourth-order valence-corrected chi connectivity index (χ4v) is 4.25. The molecule has 1 heterocycles.